The molecule has 1 N–H and O–H groups in total. The van der Waals surface area contributed by atoms with Gasteiger partial charge in [-0.3, -0.25) is 4.79 Å². The highest BCUT2D eigenvalue weighted by atomic mass is 19.3. The Labute approximate surface area is 191 Å². The van der Waals surface area contributed by atoms with E-state index in [9.17, 15) is 13.6 Å². The lowest BCUT2D eigenvalue weighted by atomic mass is 9.99. The Morgan fingerprint density at radius 2 is 2.09 bits per heavy atom. The molecule has 4 aromatic heterocycles. The van der Waals surface area contributed by atoms with Crippen molar-refractivity contribution >= 4 is 16.9 Å². The average Bonchev–Trinajstić information content (AvgIpc) is 3.62. The van der Waals surface area contributed by atoms with Crippen molar-refractivity contribution in [3.63, 3.8) is 0 Å². The van der Waals surface area contributed by atoms with Gasteiger partial charge in [0.1, 0.15) is 23.1 Å². The number of imidazole rings is 2. The topological polar surface area (TPSA) is 106 Å². The number of hydrogen-bond acceptors (Lipinski definition) is 6. The molecule has 0 unspecified atom stereocenters. The first-order valence-electron chi connectivity index (χ1n) is 10.6. The number of H-pyrrole nitrogens is 1. The van der Waals surface area contributed by atoms with Crippen molar-refractivity contribution in [2.24, 2.45) is 7.05 Å². The van der Waals surface area contributed by atoms with Crippen molar-refractivity contribution in [1.82, 2.24) is 29.4 Å². The van der Waals surface area contributed by atoms with E-state index in [1.165, 1.54) is 11.2 Å². The molecular formula is C23H18F2N6O3. The smallest absolute Gasteiger partial charge is 0.292 e. The number of oxazole rings is 1. The van der Waals surface area contributed by atoms with Gasteiger partial charge in [-0.15, -0.1) is 0 Å². The molecule has 0 spiro atoms. The molecule has 0 aliphatic carbocycles. The van der Waals surface area contributed by atoms with E-state index in [0.717, 1.165) is 11.1 Å². The minimum atomic E-state index is -3.00. The predicted octanol–water partition coefficient (Wildman–Crippen LogP) is 4.27. The fourth-order valence-electron chi connectivity index (χ4n) is 4.32. The zero-order chi connectivity index (χ0) is 23.4. The number of aromatic nitrogens is 5. The van der Waals surface area contributed by atoms with Gasteiger partial charge < -0.3 is 23.3 Å². The van der Waals surface area contributed by atoms with Gasteiger partial charge in [-0.2, -0.15) is 0 Å². The summed E-state index contributed by atoms with van der Waals surface area (Å²) in [6, 6.07) is 8.56. The number of aryl methyl sites for hydroxylation is 1. The monoisotopic (exact) mass is 464 g/mol. The minimum Gasteiger partial charge on any atom is -0.458 e. The maximum atomic E-state index is 13.9. The van der Waals surface area contributed by atoms with Crippen LogP contribution in [0.5, 0.6) is 0 Å². The van der Waals surface area contributed by atoms with Crippen LogP contribution in [0.1, 0.15) is 45.9 Å². The van der Waals surface area contributed by atoms with E-state index in [2.05, 4.69) is 19.9 Å². The Morgan fingerprint density at radius 1 is 1.24 bits per heavy atom. The first-order chi connectivity index (χ1) is 16.5. The third kappa shape index (κ3) is 3.19. The van der Waals surface area contributed by atoms with E-state index in [4.69, 9.17) is 8.83 Å². The molecule has 11 heteroatoms. The van der Waals surface area contributed by atoms with Gasteiger partial charge in [0.2, 0.25) is 11.7 Å². The van der Waals surface area contributed by atoms with E-state index >= 15 is 0 Å². The number of nitrogens with zero attached hydrogens (tertiary/aromatic N) is 5. The second kappa shape index (κ2) is 7.65. The van der Waals surface area contributed by atoms with Gasteiger partial charge in [-0.1, -0.05) is 18.2 Å². The normalized spacial score (nSPS) is 15.9. The molecule has 0 radical (unpaired) electrons. The molecule has 1 amide bonds. The largest absolute Gasteiger partial charge is 0.458 e. The zero-order valence-electron chi connectivity index (χ0n) is 17.9. The quantitative estimate of drug-likeness (QED) is 0.426. The lowest BCUT2D eigenvalue weighted by Crippen LogP contribution is -2.40. The predicted molar refractivity (Wildman–Crippen MR) is 115 cm³/mol. The molecular weight excluding hydrogens is 446 g/mol. The fraction of sp³-hybridized carbons (Fsp3) is 0.217. The molecule has 0 bridgehead atoms. The van der Waals surface area contributed by atoms with Gasteiger partial charge >= 0.3 is 0 Å². The van der Waals surface area contributed by atoms with Gasteiger partial charge in [-0.25, -0.2) is 23.7 Å². The minimum absolute atomic E-state index is 0.142. The van der Waals surface area contributed by atoms with Gasteiger partial charge in [0.05, 0.1) is 18.3 Å². The van der Waals surface area contributed by atoms with Crippen molar-refractivity contribution < 1.29 is 22.4 Å². The summed E-state index contributed by atoms with van der Waals surface area (Å²) >= 11 is 0. The zero-order valence-corrected chi connectivity index (χ0v) is 17.9. The van der Waals surface area contributed by atoms with Crippen LogP contribution in [0.4, 0.5) is 8.78 Å². The van der Waals surface area contributed by atoms with Gasteiger partial charge in [-0.05, 0) is 12.1 Å². The number of hydrogen-bond donors (Lipinski definition) is 1. The van der Waals surface area contributed by atoms with Crippen LogP contribution >= 0.6 is 0 Å². The molecule has 172 valence electrons. The molecule has 0 saturated carbocycles. The Balaban J connectivity index is 1.45. The maximum absolute atomic E-state index is 13.9. The second-order valence-electron chi connectivity index (χ2n) is 8.06. The highest BCUT2D eigenvalue weighted by Gasteiger charge is 2.40. The molecule has 34 heavy (non-hydrogen) atoms. The summed E-state index contributed by atoms with van der Waals surface area (Å²) in [6.45, 7) is 0.248. The molecule has 0 saturated heterocycles. The molecule has 6 rings (SSSR count). The number of carbonyl (C=O) groups is 1. The summed E-state index contributed by atoms with van der Waals surface area (Å²) in [4.78, 5) is 30.6. The van der Waals surface area contributed by atoms with Crippen molar-refractivity contribution in [3.8, 4) is 11.6 Å². The molecule has 5 aromatic rings. The Morgan fingerprint density at radius 3 is 2.85 bits per heavy atom. The number of para-hydroxylation sites is 1. The van der Waals surface area contributed by atoms with Crippen LogP contribution in [0, 0.1) is 0 Å². The van der Waals surface area contributed by atoms with Crippen LogP contribution in [0.3, 0.4) is 0 Å². The number of furan rings is 1. The summed E-state index contributed by atoms with van der Waals surface area (Å²) in [5.74, 6) is -0.900. The van der Waals surface area contributed by atoms with Crippen LogP contribution in [-0.4, -0.2) is 41.9 Å². The van der Waals surface area contributed by atoms with Crippen LogP contribution in [0.25, 0.3) is 22.6 Å². The van der Waals surface area contributed by atoms with Crippen molar-refractivity contribution in [3.05, 3.63) is 77.8 Å². The van der Waals surface area contributed by atoms with E-state index in [0.29, 0.717) is 23.5 Å². The van der Waals surface area contributed by atoms with Crippen molar-refractivity contribution in [2.75, 3.05) is 6.54 Å². The van der Waals surface area contributed by atoms with Crippen molar-refractivity contribution in [1.29, 1.82) is 0 Å². The standard InChI is InChI=1S/C23H18F2N6O3/c1-30-9-14(28-11-30)22-29-18(21(24)25)20(34-22)23(32)31-7-6-13-17(27-10-26-13)19(31)16-8-12-4-2-3-5-15(12)33-16/h2-5,8-11,19,21H,6-7H2,1H3,(H,26,27)/t19-/m1/s1. The van der Waals surface area contributed by atoms with E-state index in [-0.39, 0.29) is 18.1 Å². The maximum Gasteiger partial charge on any atom is 0.292 e. The Bertz CT molecular complexity index is 1480. The third-order valence-corrected chi connectivity index (χ3v) is 5.88. The number of benzene rings is 1. The highest BCUT2D eigenvalue weighted by molar-refractivity contribution is 5.94. The van der Waals surface area contributed by atoms with Crippen molar-refractivity contribution in [2.45, 2.75) is 18.9 Å². The SMILES string of the molecule is Cn1cnc(-c2nc(C(F)F)c(C(=O)N3CCc4[nH]cnc4[C@H]3c3cc4ccccc4o3)o2)c1. The number of nitrogens with one attached hydrogen (secondary N) is 1. The summed E-state index contributed by atoms with van der Waals surface area (Å²) < 4.78 is 41.0. The lowest BCUT2D eigenvalue weighted by Gasteiger charge is -2.33. The number of rotatable bonds is 4. The van der Waals surface area contributed by atoms with Crippen LogP contribution in [0.2, 0.25) is 0 Å². The second-order valence-corrected chi connectivity index (χ2v) is 8.06. The first-order valence-corrected chi connectivity index (χ1v) is 10.6. The number of amides is 1. The van der Waals surface area contributed by atoms with Crippen LogP contribution in [0.15, 0.2) is 58.0 Å². The molecule has 1 aliphatic heterocycles. The molecule has 1 aromatic carbocycles. The Hall–Kier alpha value is -4.28. The summed E-state index contributed by atoms with van der Waals surface area (Å²) in [7, 11) is 1.73. The Kier molecular flexibility index (Phi) is 4.57. The molecule has 9 nitrogen and oxygen atoms in total. The molecule has 0 fully saturated rings. The summed E-state index contributed by atoms with van der Waals surface area (Å²) in [5, 5.41) is 0.859. The summed E-state index contributed by atoms with van der Waals surface area (Å²) in [6.07, 6.45) is 2.08. The van der Waals surface area contributed by atoms with Crippen LogP contribution < -0.4 is 0 Å². The number of alkyl halides is 2. The molecule has 1 atom stereocenters. The molecule has 1 aliphatic rings. The number of aromatic amines is 1. The lowest BCUT2D eigenvalue weighted by molar-refractivity contribution is 0.0626. The fourth-order valence-corrected chi connectivity index (χ4v) is 4.32. The highest BCUT2D eigenvalue weighted by Crippen LogP contribution is 2.38. The van der Waals surface area contributed by atoms with E-state index in [1.807, 2.05) is 30.3 Å². The summed E-state index contributed by atoms with van der Waals surface area (Å²) in [5.41, 5.74) is 1.64. The third-order valence-electron chi connectivity index (χ3n) is 5.88. The number of halogens is 2. The van der Waals surface area contributed by atoms with E-state index < -0.39 is 29.8 Å². The van der Waals surface area contributed by atoms with E-state index in [1.54, 1.807) is 24.1 Å². The van der Waals surface area contributed by atoms with Gasteiger partial charge in [0.15, 0.2) is 5.69 Å². The first kappa shape index (κ1) is 20.3. The average molecular weight is 464 g/mol. The van der Waals surface area contributed by atoms with Gasteiger partial charge in [0.25, 0.3) is 12.3 Å². The van der Waals surface area contributed by atoms with Crippen LogP contribution in [-0.2, 0) is 13.5 Å². The molecule has 5 heterocycles. The number of carbonyl (C=O) groups excluding carboxylic acids is 1. The number of fused-ring (bicyclic) bond motifs is 2. The van der Waals surface area contributed by atoms with Gasteiger partial charge in [0, 0.05) is 37.3 Å².